The summed E-state index contributed by atoms with van der Waals surface area (Å²) in [5.74, 6) is 0. The lowest BCUT2D eigenvalue weighted by atomic mass is 10.2. The minimum atomic E-state index is -0.455. The zero-order valence-electron chi connectivity index (χ0n) is 11.5. The van der Waals surface area contributed by atoms with Gasteiger partial charge in [-0.3, -0.25) is 9.48 Å². The van der Waals surface area contributed by atoms with Crippen molar-refractivity contribution in [2.45, 2.75) is 6.54 Å². The summed E-state index contributed by atoms with van der Waals surface area (Å²) in [5, 5.41) is 5.07. The lowest BCUT2D eigenvalue weighted by Gasteiger charge is -2.00. The fourth-order valence-electron chi connectivity index (χ4n) is 2.35. The van der Waals surface area contributed by atoms with Crippen molar-refractivity contribution in [3.8, 4) is 5.69 Å². The maximum atomic E-state index is 12.4. The van der Waals surface area contributed by atoms with Gasteiger partial charge in [-0.1, -0.05) is 30.0 Å². The van der Waals surface area contributed by atoms with Gasteiger partial charge in [0.15, 0.2) is 0 Å². The second-order valence-corrected chi connectivity index (χ2v) is 5.35. The summed E-state index contributed by atoms with van der Waals surface area (Å²) < 4.78 is 15.9. The van der Waals surface area contributed by atoms with Crippen molar-refractivity contribution < 1.29 is 9.18 Å². The van der Waals surface area contributed by atoms with E-state index in [9.17, 15) is 9.18 Å². The highest BCUT2D eigenvalue weighted by Crippen LogP contribution is 2.27. The van der Waals surface area contributed by atoms with Crippen LogP contribution in [0.25, 0.3) is 16.6 Å². The number of alkyl halides is 1. The van der Waals surface area contributed by atoms with Crippen LogP contribution in [0.3, 0.4) is 0 Å². The third-order valence-corrected chi connectivity index (χ3v) is 3.92. The van der Waals surface area contributed by atoms with Crippen LogP contribution < -0.4 is 0 Å². The molecule has 0 fully saturated rings. The molecule has 0 radical (unpaired) electrons. The Morgan fingerprint density at radius 3 is 2.90 bits per heavy atom. The van der Waals surface area contributed by atoms with Gasteiger partial charge in [0.2, 0.25) is 5.12 Å². The normalized spacial score (nSPS) is 11.1. The maximum absolute atomic E-state index is 12.4. The average Bonchev–Trinajstić information content (AvgIpc) is 3.11. The Morgan fingerprint density at radius 1 is 1.33 bits per heavy atom. The number of fused-ring (bicyclic) bond motifs is 1. The van der Waals surface area contributed by atoms with Crippen molar-refractivity contribution in [1.82, 2.24) is 14.3 Å². The van der Waals surface area contributed by atoms with Gasteiger partial charge in [-0.15, -0.1) is 0 Å². The molecule has 0 aliphatic heterocycles. The summed E-state index contributed by atoms with van der Waals surface area (Å²) in [4.78, 5) is 12.1. The standard InChI is InChI=1S/C15H14FN3OS/c1-21-15(20)13-10-19(14-5-3-2-4-12(13)14)11-8-17-18(9-11)7-6-16/h2-5,8-10H,6-7H2,1H3. The number of carbonyl (C=O) groups excluding carboxylic acids is 1. The fraction of sp³-hybridized carbons (Fsp3) is 0.200. The highest BCUT2D eigenvalue weighted by atomic mass is 32.2. The molecule has 0 aliphatic carbocycles. The molecule has 108 valence electrons. The Hall–Kier alpha value is -2.08. The first-order chi connectivity index (χ1) is 10.2. The van der Waals surface area contributed by atoms with E-state index >= 15 is 0 Å². The van der Waals surface area contributed by atoms with E-state index in [2.05, 4.69) is 5.10 Å². The highest BCUT2D eigenvalue weighted by molar-refractivity contribution is 8.13. The summed E-state index contributed by atoms with van der Waals surface area (Å²) in [6.45, 7) is -0.223. The zero-order chi connectivity index (χ0) is 14.8. The summed E-state index contributed by atoms with van der Waals surface area (Å²) in [7, 11) is 0. The van der Waals surface area contributed by atoms with Gasteiger partial charge in [-0.2, -0.15) is 5.10 Å². The number of nitrogens with zero attached hydrogens (tertiary/aromatic N) is 3. The molecule has 0 amide bonds. The molecule has 21 heavy (non-hydrogen) atoms. The zero-order valence-corrected chi connectivity index (χ0v) is 12.3. The van der Waals surface area contributed by atoms with E-state index < -0.39 is 6.67 Å². The molecule has 0 bridgehead atoms. The number of benzene rings is 1. The van der Waals surface area contributed by atoms with Gasteiger partial charge in [0, 0.05) is 17.8 Å². The van der Waals surface area contributed by atoms with E-state index in [-0.39, 0.29) is 11.7 Å². The highest BCUT2D eigenvalue weighted by Gasteiger charge is 2.15. The molecule has 0 saturated heterocycles. The fourth-order valence-corrected chi connectivity index (χ4v) is 2.73. The van der Waals surface area contributed by atoms with Crippen LogP contribution in [0.15, 0.2) is 42.9 Å². The largest absolute Gasteiger partial charge is 0.313 e. The molecule has 2 heterocycles. The van der Waals surface area contributed by atoms with E-state index in [1.54, 1.807) is 23.3 Å². The Balaban J connectivity index is 2.15. The van der Waals surface area contributed by atoms with Crippen LogP contribution >= 0.6 is 11.8 Å². The molecule has 2 aromatic heterocycles. The number of hydrogen-bond acceptors (Lipinski definition) is 3. The first-order valence-electron chi connectivity index (χ1n) is 6.52. The Morgan fingerprint density at radius 2 is 2.14 bits per heavy atom. The molecular weight excluding hydrogens is 289 g/mol. The molecule has 3 aromatic rings. The molecule has 3 rings (SSSR count). The molecule has 0 saturated carbocycles. The van der Waals surface area contributed by atoms with Crippen LogP contribution in [-0.2, 0) is 6.54 Å². The van der Waals surface area contributed by atoms with Gasteiger partial charge in [0.25, 0.3) is 0 Å². The van der Waals surface area contributed by atoms with Crippen LogP contribution in [0.4, 0.5) is 4.39 Å². The molecule has 1 aromatic carbocycles. The van der Waals surface area contributed by atoms with Crippen LogP contribution in [0.2, 0.25) is 0 Å². The minimum Gasteiger partial charge on any atom is -0.313 e. The Labute approximate surface area is 125 Å². The molecular formula is C15H14FN3OS. The van der Waals surface area contributed by atoms with Crippen LogP contribution in [0.5, 0.6) is 0 Å². The predicted molar refractivity (Wildman–Crippen MR) is 82.9 cm³/mol. The summed E-state index contributed by atoms with van der Waals surface area (Å²) in [5.41, 5.74) is 2.44. The Bertz CT molecular complexity index is 793. The van der Waals surface area contributed by atoms with Gasteiger partial charge in [0.05, 0.1) is 29.5 Å². The number of thioether (sulfide) groups is 1. The predicted octanol–water partition coefficient (Wildman–Crippen LogP) is 3.30. The second kappa shape index (κ2) is 5.73. The van der Waals surface area contributed by atoms with Gasteiger partial charge in [-0.05, 0) is 12.3 Å². The van der Waals surface area contributed by atoms with Crippen molar-refractivity contribution in [2.24, 2.45) is 0 Å². The maximum Gasteiger partial charge on any atom is 0.221 e. The van der Waals surface area contributed by atoms with Gasteiger partial charge >= 0.3 is 0 Å². The van der Waals surface area contributed by atoms with Gasteiger partial charge < -0.3 is 4.57 Å². The molecule has 0 aliphatic rings. The van der Waals surface area contributed by atoms with Crippen molar-refractivity contribution in [2.75, 3.05) is 12.9 Å². The van der Waals surface area contributed by atoms with E-state index in [1.165, 1.54) is 11.8 Å². The molecule has 0 atom stereocenters. The molecule has 4 nitrogen and oxygen atoms in total. The number of hydrogen-bond donors (Lipinski definition) is 0. The van der Waals surface area contributed by atoms with Gasteiger partial charge in [-0.25, -0.2) is 4.39 Å². The molecule has 6 heteroatoms. The van der Waals surface area contributed by atoms with E-state index in [4.69, 9.17) is 0 Å². The minimum absolute atomic E-state index is 0.0288. The third-order valence-electron chi connectivity index (χ3n) is 3.33. The average molecular weight is 303 g/mol. The number of halogens is 1. The van der Waals surface area contributed by atoms with Crippen LogP contribution in [0, 0.1) is 0 Å². The monoisotopic (exact) mass is 303 g/mol. The number of para-hydroxylation sites is 1. The first kappa shape index (κ1) is 13.9. The van der Waals surface area contributed by atoms with E-state index in [0.29, 0.717) is 5.56 Å². The topological polar surface area (TPSA) is 39.8 Å². The van der Waals surface area contributed by atoms with E-state index in [0.717, 1.165) is 16.6 Å². The summed E-state index contributed by atoms with van der Waals surface area (Å²) in [6.07, 6.45) is 7.04. The number of rotatable bonds is 4. The second-order valence-electron chi connectivity index (χ2n) is 4.57. The lowest BCUT2D eigenvalue weighted by molar-refractivity contribution is 0.109. The molecule has 0 N–H and O–H groups in total. The van der Waals surface area contributed by atoms with Crippen molar-refractivity contribution in [3.63, 3.8) is 0 Å². The van der Waals surface area contributed by atoms with Crippen LogP contribution in [0.1, 0.15) is 10.4 Å². The summed E-state index contributed by atoms with van der Waals surface area (Å²) >= 11 is 1.19. The quantitative estimate of drug-likeness (QED) is 0.742. The molecule has 0 spiro atoms. The number of aromatic nitrogens is 3. The van der Waals surface area contributed by atoms with Gasteiger partial charge in [0.1, 0.15) is 6.67 Å². The van der Waals surface area contributed by atoms with Crippen LogP contribution in [-0.4, -0.2) is 32.4 Å². The SMILES string of the molecule is CSC(=O)c1cn(-c2cnn(CCF)c2)c2ccccc12. The first-order valence-corrected chi connectivity index (χ1v) is 7.74. The lowest BCUT2D eigenvalue weighted by Crippen LogP contribution is -1.99. The summed E-state index contributed by atoms with van der Waals surface area (Å²) in [6, 6.07) is 7.73. The van der Waals surface area contributed by atoms with Crippen molar-refractivity contribution in [3.05, 3.63) is 48.4 Å². The number of carbonyl (C=O) groups is 1. The van der Waals surface area contributed by atoms with E-state index in [1.807, 2.05) is 35.0 Å². The Kier molecular flexibility index (Phi) is 3.79. The molecule has 0 unspecified atom stereocenters. The smallest absolute Gasteiger partial charge is 0.221 e. The van der Waals surface area contributed by atoms with Crippen molar-refractivity contribution >= 4 is 27.8 Å². The van der Waals surface area contributed by atoms with Crippen molar-refractivity contribution in [1.29, 1.82) is 0 Å². The third kappa shape index (κ3) is 2.47. The number of aryl methyl sites for hydroxylation is 1.